The normalized spacial score (nSPS) is 14.0. The molecule has 2 N–H and O–H groups in total. The fraction of sp³-hybridized carbons (Fsp3) is 0.300. The Morgan fingerprint density at radius 1 is 1.10 bits per heavy atom. The van der Waals surface area contributed by atoms with E-state index in [9.17, 15) is 18.0 Å². The lowest BCUT2D eigenvalue weighted by Crippen LogP contribution is -2.35. The third kappa shape index (κ3) is 5.83. The van der Waals surface area contributed by atoms with Crippen molar-refractivity contribution in [2.75, 3.05) is 23.3 Å². The predicted molar refractivity (Wildman–Crippen MR) is 112 cm³/mol. The number of amides is 1. The number of carbonyl (C=O) groups is 1. The van der Waals surface area contributed by atoms with Gasteiger partial charge in [-0.25, -0.2) is 0 Å². The summed E-state index contributed by atoms with van der Waals surface area (Å²) in [4.78, 5) is 14.2. The minimum Gasteiger partial charge on any atom is -0.370 e. The van der Waals surface area contributed by atoms with Gasteiger partial charge in [-0.2, -0.15) is 13.2 Å². The molecule has 1 aliphatic heterocycles. The molecule has 1 aliphatic rings. The molecule has 0 atom stereocenters. The number of benzene rings is 2. The molecule has 2 aromatic carbocycles. The Kier molecular flexibility index (Phi) is 6.64. The summed E-state index contributed by atoms with van der Waals surface area (Å²) >= 11 is 11.0. The van der Waals surface area contributed by atoms with Crippen molar-refractivity contribution >= 4 is 46.2 Å². The minimum absolute atomic E-state index is 0.0521. The fourth-order valence-electron chi connectivity index (χ4n) is 3.16. The molecule has 1 fully saturated rings. The molecule has 0 radical (unpaired) electrons. The maximum Gasteiger partial charge on any atom is 0.416 e. The van der Waals surface area contributed by atoms with Crippen molar-refractivity contribution in [3.05, 3.63) is 58.6 Å². The van der Waals surface area contributed by atoms with Crippen molar-refractivity contribution < 1.29 is 18.0 Å². The molecule has 154 valence electrons. The van der Waals surface area contributed by atoms with Crippen LogP contribution in [0.5, 0.6) is 0 Å². The first-order valence-corrected chi connectivity index (χ1v) is 9.82. The second-order valence-corrected chi connectivity index (χ2v) is 7.57. The SMILES string of the molecule is O=C(Cc1ccc(Cl)cc1)NC(=S)Nc1cc(C(F)(F)F)ccc1N1CCCC1. The molecule has 1 heterocycles. The van der Waals surface area contributed by atoms with Gasteiger partial charge in [-0.05, 0) is 61.0 Å². The molecule has 4 nitrogen and oxygen atoms in total. The number of nitrogens with one attached hydrogen (secondary N) is 2. The third-order valence-corrected chi connectivity index (χ3v) is 5.01. The Balaban J connectivity index is 1.72. The zero-order chi connectivity index (χ0) is 21.0. The Morgan fingerprint density at radius 3 is 2.38 bits per heavy atom. The van der Waals surface area contributed by atoms with E-state index < -0.39 is 11.7 Å². The molecule has 2 aromatic rings. The molecular weight excluding hydrogens is 423 g/mol. The van der Waals surface area contributed by atoms with Crippen molar-refractivity contribution in [3.63, 3.8) is 0 Å². The van der Waals surface area contributed by atoms with Crippen LogP contribution >= 0.6 is 23.8 Å². The topological polar surface area (TPSA) is 44.4 Å². The van der Waals surface area contributed by atoms with Crippen LogP contribution in [0, 0.1) is 0 Å². The molecule has 3 rings (SSSR count). The second-order valence-electron chi connectivity index (χ2n) is 6.73. The zero-order valence-electron chi connectivity index (χ0n) is 15.4. The van der Waals surface area contributed by atoms with Gasteiger partial charge in [0.15, 0.2) is 5.11 Å². The van der Waals surface area contributed by atoms with E-state index in [2.05, 4.69) is 10.6 Å². The van der Waals surface area contributed by atoms with Gasteiger partial charge >= 0.3 is 6.18 Å². The quantitative estimate of drug-likeness (QED) is 0.654. The molecule has 0 aliphatic carbocycles. The Hall–Kier alpha value is -2.32. The van der Waals surface area contributed by atoms with Gasteiger partial charge in [-0.3, -0.25) is 4.79 Å². The van der Waals surface area contributed by atoms with Gasteiger partial charge < -0.3 is 15.5 Å². The fourth-order valence-corrected chi connectivity index (χ4v) is 3.51. The van der Waals surface area contributed by atoms with Crippen LogP contribution in [-0.4, -0.2) is 24.1 Å². The molecule has 0 unspecified atom stereocenters. The summed E-state index contributed by atoms with van der Waals surface area (Å²) in [5.41, 5.74) is 0.813. The lowest BCUT2D eigenvalue weighted by atomic mass is 10.1. The van der Waals surface area contributed by atoms with E-state index >= 15 is 0 Å². The maximum absolute atomic E-state index is 13.1. The average Bonchev–Trinajstić information content (AvgIpc) is 3.17. The van der Waals surface area contributed by atoms with E-state index in [0.29, 0.717) is 10.7 Å². The van der Waals surface area contributed by atoms with Gasteiger partial charge in [0, 0.05) is 18.1 Å². The molecule has 9 heteroatoms. The van der Waals surface area contributed by atoms with E-state index in [0.717, 1.165) is 43.6 Å². The Labute approximate surface area is 177 Å². The van der Waals surface area contributed by atoms with Crippen LogP contribution in [0.3, 0.4) is 0 Å². The molecule has 0 spiro atoms. The lowest BCUT2D eigenvalue weighted by molar-refractivity contribution is -0.137. The van der Waals surface area contributed by atoms with Crippen LogP contribution in [-0.2, 0) is 17.4 Å². The first kappa shape index (κ1) is 21.4. The first-order chi connectivity index (χ1) is 13.7. The van der Waals surface area contributed by atoms with Crippen molar-refractivity contribution in [3.8, 4) is 0 Å². The van der Waals surface area contributed by atoms with Crippen LogP contribution in [0.15, 0.2) is 42.5 Å². The molecule has 0 bridgehead atoms. The van der Waals surface area contributed by atoms with Gasteiger partial charge in [0.25, 0.3) is 0 Å². The monoisotopic (exact) mass is 441 g/mol. The summed E-state index contributed by atoms with van der Waals surface area (Å²) in [5.74, 6) is -0.375. The highest BCUT2D eigenvalue weighted by molar-refractivity contribution is 7.80. The van der Waals surface area contributed by atoms with Crippen LogP contribution in [0.4, 0.5) is 24.5 Å². The van der Waals surface area contributed by atoms with Crippen LogP contribution < -0.4 is 15.5 Å². The van der Waals surface area contributed by atoms with Crippen molar-refractivity contribution in [1.29, 1.82) is 0 Å². The smallest absolute Gasteiger partial charge is 0.370 e. The highest BCUT2D eigenvalue weighted by atomic mass is 35.5. The predicted octanol–water partition coefficient (Wildman–Crippen LogP) is 5.01. The number of anilines is 2. The lowest BCUT2D eigenvalue weighted by Gasteiger charge is -2.23. The average molecular weight is 442 g/mol. The number of thiocarbonyl (C=S) groups is 1. The summed E-state index contributed by atoms with van der Waals surface area (Å²) in [5, 5.41) is 5.79. The molecule has 1 amide bonds. The summed E-state index contributed by atoms with van der Waals surface area (Å²) in [6, 6.07) is 10.3. The summed E-state index contributed by atoms with van der Waals surface area (Å²) < 4.78 is 39.4. The van der Waals surface area contributed by atoms with Crippen LogP contribution in [0.25, 0.3) is 0 Å². The number of carbonyl (C=O) groups excluding carboxylic acids is 1. The van der Waals surface area contributed by atoms with E-state index in [1.165, 1.54) is 6.07 Å². The number of halogens is 4. The van der Waals surface area contributed by atoms with E-state index in [4.69, 9.17) is 23.8 Å². The number of hydrogen-bond donors (Lipinski definition) is 2. The Morgan fingerprint density at radius 2 is 1.76 bits per heavy atom. The van der Waals surface area contributed by atoms with Gasteiger partial charge in [-0.1, -0.05) is 23.7 Å². The van der Waals surface area contributed by atoms with E-state index in [1.54, 1.807) is 24.3 Å². The Bertz CT molecular complexity index is 897. The zero-order valence-corrected chi connectivity index (χ0v) is 16.9. The number of nitrogens with zero attached hydrogens (tertiary/aromatic N) is 1. The number of rotatable bonds is 4. The second kappa shape index (κ2) is 9.00. The van der Waals surface area contributed by atoms with Crippen LogP contribution in [0.1, 0.15) is 24.0 Å². The van der Waals surface area contributed by atoms with E-state index in [-0.39, 0.29) is 23.1 Å². The molecule has 1 saturated heterocycles. The summed E-state index contributed by atoms with van der Waals surface area (Å²) in [7, 11) is 0. The van der Waals surface area contributed by atoms with E-state index in [1.807, 2.05) is 4.90 Å². The van der Waals surface area contributed by atoms with Crippen LogP contribution in [0.2, 0.25) is 5.02 Å². The van der Waals surface area contributed by atoms with Crippen molar-refractivity contribution in [1.82, 2.24) is 5.32 Å². The highest BCUT2D eigenvalue weighted by Crippen LogP contribution is 2.36. The number of alkyl halides is 3. The van der Waals surface area contributed by atoms with Crippen molar-refractivity contribution in [2.24, 2.45) is 0 Å². The van der Waals surface area contributed by atoms with Gasteiger partial charge in [0.2, 0.25) is 5.91 Å². The minimum atomic E-state index is -4.47. The van der Waals surface area contributed by atoms with Gasteiger partial charge in [0.05, 0.1) is 23.4 Å². The third-order valence-electron chi connectivity index (χ3n) is 4.55. The maximum atomic E-state index is 13.1. The highest BCUT2D eigenvalue weighted by Gasteiger charge is 2.31. The standard InChI is InChI=1S/C20H19ClF3N3OS/c21-15-6-3-13(4-7-15)11-18(28)26-19(29)25-16-12-14(20(22,23)24)5-8-17(16)27-9-1-2-10-27/h3-8,12H,1-2,9-11H2,(H2,25,26,28,29). The molecule has 0 aromatic heterocycles. The molecule has 0 saturated carbocycles. The largest absolute Gasteiger partial charge is 0.416 e. The number of hydrogen-bond acceptors (Lipinski definition) is 3. The molecule has 29 heavy (non-hydrogen) atoms. The summed E-state index contributed by atoms with van der Waals surface area (Å²) in [6.07, 6.45) is -2.45. The van der Waals surface area contributed by atoms with Crippen molar-refractivity contribution in [2.45, 2.75) is 25.4 Å². The first-order valence-electron chi connectivity index (χ1n) is 9.04. The van der Waals surface area contributed by atoms with Gasteiger partial charge in [0.1, 0.15) is 0 Å². The molecular formula is C20H19ClF3N3OS. The summed E-state index contributed by atoms with van der Waals surface area (Å²) in [6.45, 7) is 1.52. The van der Waals surface area contributed by atoms with Gasteiger partial charge in [-0.15, -0.1) is 0 Å².